The van der Waals surface area contributed by atoms with Gasteiger partial charge < -0.3 is 9.73 Å². The molecule has 0 fully saturated rings. The fourth-order valence-electron chi connectivity index (χ4n) is 2.97. The van der Waals surface area contributed by atoms with E-state index < -0.39 is 16.6 Å². The van der Waals surface area contributed by atoms with Gasteiger partial charge in [0.15, 0.2) is 5.58 Å². The van der Waals surface area contributed by atoms with Crippen molar-refractivity contribution in [3.8, 4) is 0 Å². The lowest BCUT2D eigenvalue weighted by atomic mass is 10.2. The molecule has 0 spiro atoms. The van der Waals surface area contributed by atoms with Gasteiger partial charge in [0, 0.05) is 16.6 Å². The number of carbonyl (C=O) groups is 1. The van der Waals surface area contributed by atoms with Crippen LogP contribution in [0.5, 0.6) is 0 Å². The molecule has 1 N–H and O–H groups in total. The van der Waals surface area contributed by atoms with E-state index in [2.05, 4.69) is 26.3 Å². The van der Waals surface area contributed by atoms with Crippen LogP contribution >= 0.6 is 15.9 Å². The van der Waals surface area contributed by atoms with Gasteiger partial charge in [-0.1, -0.05) is 28.1 Å². The van der Waals surface area contributed by atoms with Gasteiger partial charge in [0.1, 0.15) is 12.4 Å². The third-order valence-electron chi connectivity index (χ3n) is 4.39. The average Bonchev–Trinajstić information content (AvgIpc) is 3.27. The first kappa shape index (κ1) is 19.6. The van der Waals surface area contributed by atoms with E-state index in [9.17, 15) is 19.7 Å². The number of oxazole rings is 1. The molecule has 2 heterocycles. The molecule has 4 rings (SSSR count). The molecular formula is C19H14BrN5O5. The van der Waals surface area contributed by atoms with Gasteiger partial charge in [-0.15, -0.1) is 0 Å². The highest BCUT2D eigenvalue weighted by atomic mass is 79.9. The maximum Gasteiger partial charge on any atom is 0.420 e. The van der Waals surface area contributed by atoms with Gasteiger partial charge >= 0.3 is 5.76 Å². The van der Waals surface area contributed by atoms with Crippen LogP contribution in [-0.4, -0.2) is 25.2 Å². The first-order chi connectivity index (χ1) is 14.4. The molecule has 11 heteroatoms. The van der Waals surface area contributed by atoms with Crippen molar-refractivity contribution < 1.29 is 14.1 Å². The molecule has 0 aliphatic rings. The second kappa shape index (κ2) is 7.95. The summed E-state index contributed by atoms with van der Waals surface area (Å²) in [5.74, 6) is -0.765. The number of nitrogens with one attached hydrogen (secondary N) is 1. The number of benzene rings is 2. The number of anilines is 1. The molecule has 0 saturated carbocycles. The Morgan fingerprint density at radius 2 is 1.97 bits per heavy atom. The topological polar surface area (TPSA) is 125 Å². The van der Waals surface area contributed by atoms with E-state index in [4.69, 9.17) is 4.42 Å². The molecule has 2 aromatic heterocycles. The predicted molar refractivity (Wildman–Crippen MR) is 111 cm³/mol. The summed E-state index contributed by atoms with van der Waals surface area (Å²) in [5.41, 5.74) is 1.13. The summed E-state index contributed by atoms with van der Waals surface area (Å²) in [6, 6.07) is 13.1. The van der Waals surface area contributed by atoms with E-state index in [1.54, 1.807) is 16.9 Å². The van der Waals surface area contributed by atoms with Gasteiger partial charge in [-0.2, -0.15) is 5.10 Å². The van der Waals surface area contributed by atoms with Gasteiger partial charge in [-0.3, -0.25) is 19.5 Å². The Morgan fingerprint density at radius 1 is 1.20 bits per heavy atom. The smallest absolute Gasteiger partial charge is 0.407 e. The van der Waals surface area contributed by atoms with Crippen LogP contribution in [0.25, 0.3) is 11.1 Å². The lowest BCUT2D eigenvalue weighted by Gasteiger charge is -2.09. The number of hydrogen-bond donors (Lipinski definition) is 1. The standard InChI is InChI=1S/C19H14BrN5O5/c20-13-3-1-12(2-4-13)10-24-17(7-8-21-24)22-18(26)11-23-15-6-5-14(25(28)29)9-16(15)30-19(23)27/h1-9H,10-11H2,(H,22,26). The minimum absolute atomic E-state index is 0.0438. The van der Waals surface area contributed by atoms with Gasteiger partial charge in [-0.05, 0) is 23.8 Å². The maximum absolute atomic E-state index is 12.5. The van der Waals surface area contributed by atoms with Crippen LogP contribution < -0.4 is 11.1 Å². The molecule has 0 aliphatic heterocycles. The van der Waals surface area contributed by atoms with Crippen LogP contribution in [0, 0.1) is 10.1 Å². The van der Waals surface area contributed by atoms with Crippen LogP contribution in [0.3, 0.4) is 0 Å². The number of aromatic nitrogens is 3. The molecule has 1 amide bonds. The zero-order valence-corrected chi connectivity index (χ0v) is 16.9. The normalized spacial score (nSPS) is 11.0. The number of nitro groups is 1. The van der Waals surface area contributed by atoms with Crippen LogP contribution in [0.15, 0.2) is 68.4 Å². The zero-order valence-electron chi connectivity index (χ0n) is 15.3. The number of hydrogen-bond acceptors (Lipinski definition) is 6. The number of nitro benzene ring substituents is 1. The summed E-state index contributed by atoms with van der Waals surface area (Å²) in [4.78, 5) is 34.9. The summed E-state index contributed by atoms with van der Waals surface area (Å²) in [6.45, 7) is 0.140. The Morgan fingerprint density at radius 3 is 2.70 bits per heavy atom. The van der Waals surface area contributed by atoms with Crippen molar-refractivity contribution in [3.63, 3.8) is 0 Å². The average molecular weight is 472 g/mol. The van der Waals surface area contributed by atoms with Crippen molar-refractivity contribution in [3.05, 3.63) is 85.4 Å². The Kier molecular flexibility index (Phi) is 5.19. The van der Waals surface area contributed by atoms with Crippen molar-refractivity contribution in [2.24, 2.45) is 0 Å². The molecule has 4 aromatic rings. The quantitative estimate of drug-likeness (QED) is 0.340. The number of halogens is 1. The third kappa shape index (κ3) is 4.01. The highest BCUT2D eigenvalue weighted by Crippen LogP contribution is 2.20. The Bertz CT molecular complexity index is 1310. The number of rotatable bonds is 6. The predicted octanol–water partition coefficient (Wildman–Crippen LogP) is 3.15. The van der Waals surface area contributed by atoms with E-state index in [1.807, 2.05) is 24.3 Å². The first-order valence-corrected chi connectivity index (χ1v) is 9.54. The minimum Gasteiger partial charge on any atom is -0.407 e. The van der Waals surface area contributed by atoms with Gasteiger partial charge in [0.05, 0.1) is 29.2 Å². The number of fused-ring (bicyclic) bond motifs is 1. The molecule has 0 saturated heterocycles. The highest BCUT2D eigenvalue weighted by Gasteiger charge is 2.17. The largest absolute Gasteiger partial charge is 0.420 e. The monoisotopic (exact) mass is 471 g/mol. The van der Waals surface area contributed by atoms with E-state index in [1.165, 1.54) is 12.1 Å². The molecule has 2 aromatic carbocycles. The van der Waals surface area contributed by atoms with E-state index in [0.717, 1.165) is 20.7 Å². The van der Waals surface area contributed by atoms with Crippen molar-refractivity contribution >= 4 is 44.4 Å². The number of carbonyl (C=O) groups excluding carboxylic acids is 1. The fraction of sp³-hybridized carbons (Fsp3) is 0.105. The van der Waals surface area contributed by atoms with Gasteiger partial charge in [0.25, 0.3) is 5.69 Å². The van der Waals surface area contributed by atoms with E-state index >= 15 is 0 Å². The molecule has 0 radical (unpaired) electrons. The summed E-state index contributed by atoms with van der Waals surface area (Å²) in [6.07, 6.45) is 1.56. The summed E-state index contributed by atoms with van der Waals surface area (Å²) in [5, 5.41) is 17.8. The maximum atomic E-state index is 12.5. The fourth-order valence-corrected chi connectivity index (χ4v) is 3.24. The third-order valence-corrected chi connectivity index (χ3v) is 4.92. The lowest BCUT2D eigenvalue weighted by Crippen LogP contribution is -2.25. The minimum atomic E-state index is -0.774. The molecule has 0 unspecified atom stereocenters. The van der Waals surface area contributed by atoms with Crippen molar-refractivity contribution in [2.45, 2.75) is 13.1 Å². The summed E-state index contributed by atoms with van der Waals surface area (Å²) < 4.78 is 8.74. The number of nitrogens with zero attached hydrogens (tertiary/aromatic N) is 4. The van der Waals surface area contributed by atoms with Crippen LogP contribution in [0.1, 0.15) is 5.56 Å². The molecule has 152 valence electrons. The number of non-ortho nitro benzene ring substituents is 1. The van der Waals surface area contributed by atoms with Crippen molar-refractivity contribution in [1.29, 1.82) is 0 Å². The molecule has 0 aliphatic carbocycles. The first-order valence-electron chi connectivity index (χ1n) is 8.74. The summed E-state index contributed by atoms with van der Waals surface area (Å²) in [7, 11) is 0. The van der Waals surface area contributed by atoms with Gasteiger partial charge in [-0.25, -0.2) is 9.48 Å². The zero-order chi connectivity index (χ0) is 21.3. The van der Waals surface area contributed by atoms with Crippen LogP contribution in [-0.2, 0) is 17.9 Å². The van der Waals surface area contributed by atoms with Crippen LogP contribution in [0.4, 0.5) is 11.5 Å². The van der Waals surface area contributed by atoms with E-state index in [-0.39, 0.29) is 17.8 Å². The van der Waals surface area contributed by atoms with Gasteiger partial charge in [0.2, 0.25) is 5.91 Å². The van der Waals surface area contributed by atoms with Crippen molar-refractivity contribution in [1.82, 2.24) is 14.3 Å². The molecular weight excluding hydrogens is 458 g/mol. The second-order valence-corrected chi connectivity index (χ2v) is 7.33. The Labute approximate surface area is 177 Å². The summed E-state index contributed by atoms with van der Waals surface area (Å²) >= 11 is 3.38. The Hall–Kier alpha value is -3.73. The lowest BCUT2D eigenvalue weighted by molar-refractivity contribution is -0.384. The Balaban J connectivity index is 1.51. The second-order valence-electron chi connectivity index (χ2n) is 6.41. The highest BCUT2D eigenvalue weighted by molar-refractivity contribution is 9.10. The van der Waals surface area contributed by atoms with Crippen LogP contribution in [0.2, 0.25) is 0 Å². The van der Waals surface area contributed by atoms with Crippen molar-refractivity contribution in [2.75, 3.05) is 5.32 Å². The molecule has 10 nitrogen and oxygen atoms in total. The molecule has 0 atom stereocenters. The number of amides is 1. The molecule has 0 bridgehead atoms. The van der Waals surface area contributed by atoms with E-state index in [0.29, 0.717) is 17.9 Å². The molecule has 30 heavy (non-hydrogen) atoms. The SMILES string of the molecule is O=C(Cn1c(=O)oc2cc([N+](=O)[O-])ccc21)Nc1ccnn1Cc1ccc(Br)cc1.